The summed E-state index contributed by atoms with van der Waals surface area (Å²) in [5.74, 6) is -0.114. The van der Waals surface area contributed by atoms with Gasteiger partial charge in [0.2, 0.25) is 0 Å². The van der Waals surface area contributed by atoms with Gasteiger partial charge in [-0.05, 0) is 24.3 Å². The van der Waals surface area contributed by atoms with Gasteiger partial charge in [-0.15, -0.1) is 0 Å². The second-order valence-electron chi connectivity index (χ2n) is 5.30. The molecule has 0 saturated carbocycles. The number of hydrogen-bond acceptors (Lipinski definition) is 5. The summed E-state index contributed by atoms with van der Waals surface area (Å²) in [6.45, 7) is -2.96. The van der Waals surface area contributed by atoms with Crippen molar-refractivity contribution in [3.05, 3.63) is 54.4 Å². The van der Waals surface area contributed by atoms with Gasteiger partial charge >= 0.3 is 6.61 Å². The summed E-state index contributed by atoms with van der Waals surface area (Å²) in [7, 11) is 1.64. The number of benzene rings is 1. The molecule has 9 heteroatoms. The van der Waals surface area contributed by atoms with Crippen molar-refractivity contribution in [1.82, 2.24) is 14.8 Å². The lowest BCUT2D eigenvalue weighted by Crippen LogP contribution is -2.17. The molecular weight excluding hydrogens is 344 g/mol. The number of nitrogen functional groups attached to an aromatic ring is 1. The number of carbonyl (C=O) groups excluding carboxylic acids is 1. The van der Waals surface area contributed by atoms with Crippen molar-refractivity contribution >= 4 is 17.5 Å². The zero-order valence-corrected chi connectivity index (χ0v) is 13.7. The number of halogens is 2. The van der Waals surface area contributed by atoms with Crippen LogP contribution >= 0.6 is 0 Å². The molecule has 134 valence electrons. The molecule has 2 aromatic heterocycles. The zero-order chi connectivity index (χ0) is 18.7. The third-order valence-corrected chi connectivity index (χ3v) is 3.61. The second-order valence-corrected chi connectivity index (χ2v) is 5.30. The third kappa shape index (κ3) is 3.61. The maximum atomic E-state index is 12.6. The number of nitrogens with two attached hydrogens (primary N) is 1. The van der Waals surface area contributed by atoms with Crippen molar-refractivity contribution in [3.8, 4) is 16.9 Å². The molecule has 3 rings (SSSR count). The Morgan fingerprint density at radius 2 is 1.96 bits per heavy atom. The number of aromatic nitrogens is 3. The lowest BCUT2D eigenvalue weighted by Gasteiger charge is -2.13. The molecule has 7 nitrogen and oxygen atoms in total. The van der Waals surface area contributed by atoms with Gasteiger partial charge in [-0.2, -0.15) is 13.9 Å². The molecule has 0 aliphatic heterocycles. The van der Waals surface area contributed by atoms with Gasteiger partial charge in [-0.3, -0.25) is 9.48 Å². The molecule has 0 spiro atoms. The van der Waals surface area contributed by atoms with E-state index in [4.69, 9.17) is 5.73 Å². The molecule has 0 bridgehead atoms. The number of nitrogens with zero attached hydrogens (tertiary/aromatic N) is 3. The fourth-order valence-corrected chi connectivity index (χ4v) is 2.44. The molecule has 0 aliphatic carbocycles. The van der Waals surface area contributed by atoms with Crippen LogP contribution in [0.4, 0.5) is 20.4 Å². The smallest absolute Gasteiger partial charge is 0.387 e. The van der Waals surface area contributed by atoms with E-state index in [0.29, 0.717) is 16.8 Å². The van der Waals surface area contributed by atoms with Gasteiger partial charge in [-0.1, -0.05) is 18.2 Å². The van der Waals surface area contributed by atoms with Crippen LogP contribution in [0.2, 0.25) is 0 Å². The van der Waals surface area contributed by atoms with Gasteiger partial charge in [0.05, 0.1) is 0 Å². The minimum Gasteiger partial charge on any atom is -0.434 e. The molecule has 0 atom stereocenters. The molecule has 0 saturated heterocycles. The number of aryl methyl sites for hydroxylation is 1. The molecule has 0 aliphatic rings. The molecule has 0 fully saturated rings. The summed E-state index contributed by atoms with van der Waals surface area (Å²) in [4.78, 5) is 16.3. The van der Waals surface area contributed by atoms with Gasteiger partial charge in [-0.25, -0.2) is 4.98 Å². The normalized spacial score (nSPS) is 10.8. The highest BCUT2D eigenvalue weighted by molar-refractivity contribution is 6.02. The minimum absolute atomic E-state index is 0.0114. The predicted molar refractivity (Wildman–Crippen MR) is 91.9 cm³/mol. The van der Waals surface area contributed by atoms with Crippen LogP contribution in [-0.2, 0) is 7.05 Å². The zero-order valence-electron chi connectivity index (χ0n) is 13.7. The first kappa shape index (κ1) is 17.3. The highest BCUT2D eigenvalue weighted by Crippen LogP contribution is 2.34. The Morgan fingerprint density at radius 1 is 1.19 bits per heavy atom. The largest absolute Gasteiger partial charge is 0.434 e. The van der Waals surface area contributed by atoms with Crippen LogP contribution in [0.15, 0.2) is 48.7 Å². The number of nitrogens with one attached hydrogen (secondary N) is 1. The Balaban J connectivity index is 1.87. The quantitative estimate of drug-likeness (QED) is 0.730. The molecule has 26 heavy (non-hydrogen) atoms. The molecule has 1 amide bonds. The molecule has 0 radical (unpaired) electrons. The van der Waals surface area contributed by atoms with E-state index in [9.17, 15) is 13.6 Å². The van der Waals surface area contributed by atoms with E-state index in [2.05, 4.69) is 20.1 Å². The number of ether oxygens (including phenoxy) is 1. The molecule has 3 N–H and O–H groups in total. The molecule has 1 aromatic carbocycles. The summed E-state index contributed by atoms with van der Waals surface area (Å²) in [6, 6.07) is 10.9. The summed E-state index contributed by atoms with van der Waals surface area (Å²) in [6.07, 6.45) is 1.50. The van der Waals surface area contributed by atoms with Crippen molar-refractivity contribution < 1.29 is 18.3 Å². The second kappa shape index (κ2) is 7.18. The number of alkyl halides is 2. The van der Waals surface area contributed by atoms with E-state index in [1.165, 1.54) is 23.0 Å². The predicted octanol–water partition coefficient (Wildman–Crippen LogP) is 2.92. The van der Waals surface area contributed by atoms with Crippen LogP contribution < -0.4 is 15.8 Å². The fourth-order valence-electron chi connectivity index (χ4n) is 2.44. The van der Waals surface area contributed by atoms with Gasteiger partial charge in [0.1, 0.15) is 23.1 Å². The Kier molecular flexibility index (Phi) is 4.78. The van der Waals surface area contributed by atoms with Crippen molar-refractivity contribution in [3.63, 3.8) is 0 Å². The van der Waals surface area contributed by atoms with E-state index < -0.39 is 12.5 Å². The SMILES string of the molecule is Cn1nccc1C(=O)Nc1ccc(-c2ccccc2OC(F)F)c(N)n1. The highest BCUT2D eigenvalue weighted by atomic mass is 19.3. The Labute approximate surface area is 147 Å². The van der Waals surface area contributed by atoms with E-state index >= 15 is 0 Å². The van der Waals surface area contributed by atoms with Gasteiger partial charge in [0.25, 0.3) is 5.91 Å². The van der Waals surface area contributed by atoms with Crippen molar-refractivity contribution in [2.45, 2.75) is 6.61 Å². The van der Waals surface area contributed by atoms with Crippen molar-refractivity contribution in [1.29, 1.82) is 0 Å². The Bertz CT molecular complexity index is 942. The molecular formula is C17H15F2N5O2. The maximum Gasteiger partial charge on any atom is 0.387 e. The van der Waals surface area contributed by atoms with E-state index in [0.717, 1.165) is 0 Å². The first-order valence-electron chi connectivity index (χ1n) is 7.56. The van der Waals surface area contributed by atoms with E-state index in [1.54, 1.807) is 37.4 Å². The summed E-state index contributed by atoms with van der Waals surface area (Å²) >= 11 is 0. The number of pyridine rings is 1. The van der Waals surface area contributed by atoms with E-state index in [-0.39, 0.29) is 17.4 Å². The standard InChI is InChI=1S/C17H15F2N5O2/c1-24-12(8-9-21-24)16(25)23-14-7-6-11(15(20)22-14)10-4-2-3-5-13(10)26-17(18)19/h2-9,17H,1H3,(H3,20,22,23,25). The average molecular weight is 359 g/mol. The monoisotopic (exact) mass is 359 g/mol. The molecule has 2 heterocycles. The van der Waals surface area contributed by atoms with Crippen molar-refractivity contribution in [2.75, 3.05) is 11.1 Å². The lowest BCUT2D eigenvalue weighted by molar-refractivity contribution is -0.0494. The van der Waals surface area contributed by atoms with Crippen molar-refractivity contribution in [2.24, 2.45) is 7.05 Å². The number of hydrogen-bond donors (Lipinski definition) is 2. The summed E-state index contributed by atoms with van der Waals surface area (Å²) < 4.78 is 31.1. The summed E-state index contributed by atoms with van der Waals surface area (Å²) in [5, 5.41) is 6.53. The Hall–Kier alpha value is -3.49. The van der Waals surface area contributed by atoms with Crippen LogP contribution in [0.3, 0.4) is 0 Å². The van der Waals surface area contributed by atoms with Crippen LogP contribution in [0.1, 0.15) is 10.5 Å². The third-order valence-electron chi connectivity index (χ3n) is 3.61. The minimum atomic E-state index is -2.96. The number of amides is 1. The van der Waals surface area contributed by atoms with Gasteiger partial charge < -0.3 is 15.8 Å². The average Bonchev–Trinajstić information content (AvgIpc) is 3.01. The van der Waals surface area contributed by atoms with Crippen LogP contribution in [-0.4, -0.2) is 27.3 Å². The topological polar surface area (TPSA) is 95.1 Å². The lowest BCUT2D eigenvalue weighted by atomic mass is 10.1. The Morgan fingerprint density at radius 3 is 2.62 bits per heavy atom. The van der Waals surface area contributed by atoms with Gasteiger partial charge in [0, 0.05) is 24.4 Å². The van der Waals surface area contributed by atoms with Crippen LogP contribution in [0.25, 0.3) is 11.1 Å². The number of para-hydroxylation sites is 1. The van der Waals surface area contributed by atoms with E-state index in [1.807, 2.05) is 0 Å². The molecule has 0 unspecified atom stereocenters. The first-order valence-corrected chi connectivity index (χ1v) is 7.56. The maximum absolute atomic E-state index is 12.6. The van der Waals surface area contributed by atoms with Crippen LogP contribution in [0.5, 0.6) is 5.75 Å². The van der Waals surface area contributed by atoms with Gasteiger partial charge in [0.15, 0.2) is 0 Å². The van der Waals surface area contributed by atoms with Crippen LogP contribution in [0, 0.1) is 0 Å². The number of carbonyl (C=O) groups is 1. The number of rotatable bonds is 5. The first-order chi connectivity index (χ1) is 12.5. The fraction of sp³-hybridized carbons (Fsp3) is 0.118. The number of anilines is 2. The highest BCUT2D eigenvalue weighted by Gasteiger charge is 2.15. The summed E-state index contributed by atoms with van der Waals surface area (Å²) in [5.41, 5.74) is 7.10. The molecule has 3 aromatic rings.